The average molecular weight is 360 g/mol. The van der Waals surface area contributed by atoms with E-state index in [0.29, 0.717) is 18.1 Å². The lowest BCUT2D eigenvalue weighted by Crippen LogP contribution is -1.91. The largest absolute Gasteiger partial charge is 0.339 e. The van der Waals surface area contributed by atoms with Crippen LogP contribution >= 0.6 is 15.9 Å². The SMILES string of the molecule is O=[N+]([O-])c1ccc(Cc2nc(-c3ccc(Br)cc3)no2)cc1. The summed E-state index contributed by atoms with van der Waals surface area (Å²) in [4.78, 5) is 14.5. The normalized spacial score (nSPS) is 10.6. The van der Waals surface area contributed by atoms with Gasteiger partial charge in [-0.25, -0.2) is 0 Å². The Morgan fingerprint density at radius 3 is 2.41 bits per heavy atom. The highest BCUT2D eigenvalue weighted by Crippen LogP contribution is 2.20. The molecule has 6 nitrogen and oxygen atoms in total. The third kappa shape index (κ3) is 3.20. The lowest BCUT2D eigenvalue weighted by atomic mass is 10.1. The van der Waals surface area contributed by atoms with Crippen LogP contribution in [0.4, 0.5) is 5.69 Å². The molecule has 0 aliphatic heterocycles. The zero-order valence-corrected chi connectivity index (χ0v) is 12.9. The van der Waals surface area contributed by atoms with Crippen LogP contribution in [0.2, 0.25) is 0 Å². The van der Waals surface area contributed by atoms with Crippen LogP contribution in [-0.2, 0) is 6.42 Å². The number of nitrogens with zero attached hydrogens (tertiary/aromatic N) is 3. The maximum absolute atomic E-state index is 10.6. The second-order valence-corrected chi connectivity index (χ2v) is 5.53. The minimum absolute atomic E-state index is 0.0600. The summed E-state index contributed by atoms with van der Waals surface area (Å²) >= 11 is 3.37. The van der Waals surface area contributed by atoms with Crippen molar-refractivity contribution in [2.24, 2.45) is 0 Å². The lowest BCUT2D eigenvalue weighted by molar-refractivity contribution is -0.384. The van der Waals surface area contributed by atoms with E-state index in [1.54, 1.807) is 12.1 Å². The standard InChI is InChI=1S/C15H10BrN3O3/c16-12-5-3-11(4-6-12)15-17-14(22-18-15)9-10-1-7-13(8-2-10)19(20)21/h1-8H,9H2. The molecule has 1 heterocycles. The van der Waals surface area contributed by atoms with Crippen LogP contribution in [0.25, 0.3) is 11.4 Å². The minimum atomic E-state index is -0.428. The monoisotopic (exact) mass is 359 g/mol. The van der Waals surface area contributed by atoms with Crippen molar-refractivity contribution in [2.75, 3.05) is 0 Å². The number of nitro groups is 1. The first-order valence-electron chi connectivity index (χ1n) is 6.44. The van der Waals surface area contributed by atoms with E-state index < -0.39 is 4.92 Å². The molecule has 0 atom stereocenters. The van der Waals surface area contributed by atoms with Crippen molar-refractivity contribution < 1.29 is 9.45 Å². The second kappa shape index (κ2) is 6.07. The molecule has 0 radical (unpaired) electrons. The summed E-state index contributed by atoms with van der Waals surface area (Å²) in [6.45, 7) is 0. The summed E-state index contributed by atoms with van der Waals surface area (Å²) in [6.07, 6.45) is 0.432. The van der Waals surface area contributed by atoms with Crippen LogP contribution in [0.3, 0.4) is 0 Å². The van der Waals surface area contributed by atoms with Crippen LogP contribution in [0.1, 0.15) is 11.5 Å². The topological polar surface area (TPSA) is 82.1 Å². The molecule has 110 valence electrons. The van der Waals surface area contributed by atoms with Gasteiger partial charge in [0.05, 0.1) is 11.3 Å². The van der Waals surface area contributed by atoms with E-state index in [9.17, 15) is 10.1 Å². The minimum Gasteiger partial charge on any atom is -0.339 e. The first-order valence-corrected chi connectivity index (χ1v) is 7.23. The third-order valence-electron chi connectivity index (χ3n) is 3.07. The Kier molecular flexibility index (Phi) is 3.97. The van der Waals surface area contributed by atoms with Gasteiger partial charge in [-0.1, -0.05) is 33.2 Å². The van der Waals surface area contributed by atoms with Crippen LogP contribution in [0.5, 0.6) is 0 Å². The fourth-order valence-corrected chi connectivity index (χ4v) is 2.22. The number of aromatic nitrogens is 2. The molecule has 0 saturated heterocycles. The number of benzene rings is 2. The Bertz CT molecular complexity index is 798. The zero-order chi connectivity index (χ0) is 15.5. The summed E-state index contributed by atoms with van der Waals surface area (Å²) in [5, 5.41) is 14.6. The smallest absolute Gasteiger partial charge is 0.269 e. The number of nitro benzene ring substituents is 1. The molecule has 1 aromatic heterocycles. The molecule has 0 spiro atoms. The van der Waals surface area contributed by atoms with Gasteiger partial charge in [-0.2, -0.15) is 4.98 Å². The maximum atomic E-state index is 10.6. The Balaban J connectivity index is 1.76. The van der Waals surface area contributed by atoms with Crippen LogP contribution < -0.4 is 0 Å². The molecule has 2 aromatic carbocycles. The molecule has 3 aromatic rings. The number of halogens is 1. The van der Waals surface area contributed by atoms with Crippen molar-refractivity contribution in [2.45, 2.75) is 6.42 Å². The van der Waals surface area contributed by atoms with Gasteiger partial charge in [0.1, 0.15) is 0 Å². The van der Waals surface area contributed by atoms with E-state index in [0.717, 1.165) is 15.6 Å². The van der Waals surface area contributed by atoms with Crippen molar-refractivity contribution in [3.05, 3.63) is 74.6 Å². The van der Waals surface area contributed by atoms with E-state index in [1.165, 1.54) is 12.1 Å². The molecule has 3 rings (SSSR count). The predicted molar refractivity (Wildman–Crippen MR) is 83.3 cm³/mol. The number of non-ortho nitro benzene ring substituents is 1. The summed E-state index contributed by atoms with van der Waals surface area (Å²) < 4.78 is 6.20. The first kappa shape index (κ1) is 14.4. The predicted octanol–water partition coefficient (Wildman–Crippen LogP) is 4.00. The number of rotatable bonds is 4. The highest BCUT2D eigenvalue weighted by molar-refractivity contribution is 9.10. The summed E-state index contributed by atoms with van der Waals surface area (Å²) in [6, 6.07) is 13.9. The van der Waals surface area contributed by atoms with Gasteiger partial charge < -0.3 is 4.52 Å². The molecule has 0 aliphatic carbocycles. The molecule has 22 heavy (non-hydrogen) atoms. The summed E-state index contributed by atoms with van der Waals surface area (Å²) in [5.41, 5.74) is 1.79. The van der Waals surface area contributed by atoms with E-state index >= 15 is 0 Å². The van der Waals surface area contributed by atoms with Crippen LogP contribution in [-0.4, -0.2) is 15.1 Å². The molecule has 0 bridgehead atoms. The van der Waals surface area contributed by atoms with Gasteiger partial charge >= 0.3 is 0 Å². The summed E-state index contributed by atoms with van der Waals surface area (Å²) in [5.74, 6) is 0.983. The zero-order valence-electron chi connectivity index (χ0n) is 11.3. The van der Waals surface area contributed by atoms with Crippen molar-refractivity contribution in [1.82, 2.24) is 10.1 Å². The summed E-state index contributed by atoms with van der Waals surface area (Å²) in [7, 11) is 0. The van der Waals surface area contributed by atoms with E-state index in [1.807, 2.05) is 24.3 Å². The van der Waals surface area contributed by atoms with Crippen LogP contribution in [0, 0.1) is 10.1 Å². The highest BCUT2D eigenvalue weighted by Gasteiger charge is 2.10. The van der Waals surface area contributed by atoms with Gasteiger partial charge in [0.15, 0.2) is 0 Å². The second-order valence-electron chi connectivity index (χ2n) is 4.62. The van der Waals surface area contributed by atoms with Crippen molar-refractivity contribution in [3.8, 4) is 11.4 Å². The van der Waals surface area contributed by atoms with Crippen molar-refractivity contribution in [3.63, 3.8) is 0 Å². The fourth-order valence-electron chi connectivity index (χ4n) is 1.95. The van der Waals surface area contributed by atoms with Gasteiger partial charge in [0.25, 0.3) is 5.69 Å². The quantitative estimate of drug-likeness (QED) is 0.519. The molecule has 0 saturated carbocycles. The molecule has 7 heteroatoms. The van der Waals surface area contributed by atoms with Gasteiger partial charge in [-0.05, 0) is 29.8 Å². The number of hydrogen-bond donors (Lipinski definition) is 0. The van der Waals surface area contributed by atoms with E-state index in [4.69, 9.17) is 4.52 Å². The van der Waals surface area contributed by atoms with Gasteiger partial charge in [0.2, 0.25) is 11.7 Å². The molecule has 0 unspecified atom stereocenters. The molecule has 0 N–H and O–H groups in total. The Hall–Kier alpha value is -2.54. The van der Waals surface area contributed by atoms with E-state index in [-0.39, 0.29) is 5.69 Å². The highest BCUT2D eigenvalue weighted by atomic mass is 79.9. The number of hydrogen-bond acceptors (Lipinski definition) is 5. The van der Waals surface area contributed by atoms with Crippen LogP contribution in [0.15, 0.2) is 57.5 Å². The molecule has 0 amide bonds. The van der Waals surface area contributed by atoms with Gasteiger partial charge in [0, 0.05) is 22.2 Å². The molecular weight excluding hydrogens is 350 g/mol. The molecule has 0 fully saturated rings. The lowest BCUT2D eigenvalue weighted by Gasteiger charge is -1.96. The van der Waals surface area contributed by atoms with Crippen molar-refractivity contribution in [1.29, 1.82) is 0 Å². The Morgan fingerprint density at radius 1 is 1.09 bits per heavy atom. The molecular formula is C15H10BrN3O3. The fraction of sp³-hybridized carbons (Fsp3) is 0.0667. The van der Waals surface area contributed by atoms with Crippen molar-refractivity contribution >= 4 is 21.6 Å². The Labute approximate surface area is 134 Å². The maximum Gasteiger partial charge on any atom is 0.269 e. The Morgan fingerprint density at radius 2 is 1.77 bits per heavy atom. The third-order valence-corrected chi connectivity index (χ3v) is 3.60. The average Bonchev–Trinajstić information content (AvgIpc) is 2.97. The van der Waals surface area contributed by atoms with Gasteiger partial charge in [-0.3, -0.25) is 10.1 Å². The first-order chi connectivity index (χ1) is 10.6. The molecule has 0 aliphatic rings. The van der Waals surface area contributed by atoms with E-state index in [2.05, 4.69) is 26.1 Å². The van der Waals surface area contributed by atoms with Gasteiger partial charge in [-0.15, -0.1) is 0 Å².